The number of para-hydroxylation sites is 2. The van der Waals surface area contributed by atoms with E-state index >= 15 is 0 Å². The Hall–Kier alpha value is -3.01. The summed E-state index contributed by atoms with van der Waals surface area (Å²) in [5.74, 6) is -0.869. The molecule has 0 radical (unpaired) electrons. The van der Waals surface area contributed by atoms with Crippen LogP contribution in [0, 0.1) is 0 Å². The third kappa shape index (κ3) is 1.81. The first-order chi connectivity index (χ1) is 10.8. The molecule has 0 fully saturated rings. The van der Waals surface area contributed by atoms with E-state index in [1.165, 1.54) is 0 Å². The molecule has 2 aromatic carbocycles. The van der Waals surface area contributed by atoms with E-state index in [0.29, 0.717) is 0 Å². The molecular weight excluding hydrogens is 276 g/mol. The highest BCUT2D eigenvalue weighted by molar-refractivity contribution is 5.91. The Morgan fingerprint density at radius 3 is 2.68 bits per heavy atom. The molecule has 0 aliphatic rings. The normalized spacial score (nSPS) is 12.7. The van der Waals surface area contributed by atoms with Crippen LogP contribution in [0.3, 0.4) is 0 Å². The number of hydrogen-bond acceptors (Lipinski definition) is 1. The second-order valence-corrected chi connectivity index (χ2v) is 5.31. The Balaban J connectivity index is 1.97. The lowest BCUT2D eigenvalue weighted by Crippen LogP contribution is -2.19. The van der Waals surface area contributed by atoms with Gasteiger partial charge in [-0.15, -0.1) is 0 Å². The van der Waals surface area contributed by atoms with Crippen LogP contribution in [0.15, 0.2) is 67.0 Å². The van der Waals surface area contributed by atoms with Gasteiger partial charge in [-0.05, 0) is 23.6 Å². The molecule has 0 aliphatic carbocycles. The Kier molecular flexibility index (Phi) is 2.76. The molecule has 0 bridgehead atoms. The van der Waals surface area contributed by atoms with E-state index in [-0.39, 0.29) is 0 Å². The molecule has 2 heterocycles. The number of aromatic nitrogens is 2. The highest BCUT2D eigenvalue weighted by Gasteiger charge is 2.25. The summed E-state index contributed by atoms with van der Waals surface area (Å²) in [5.41, 5.74) is 2.63. The summed E-state index contributed by atoms with van der Waals surface area (Å²) in [6, 6.07) is 16.8. The van der Waals surface area contributed by atoms with Crippen molar-refractivity contribution in [2.75, 3.05) is 0 Å². The zero-order chi connectivity index (χ0) is 15.1. The van der Waals surface area contributed by atoms with E-state index in [1.807, 2.05) is 65.4 Å². The Morgan fingerprint density at radius 2 is 1.82 bits per heavy atom. The third-order valence-electron chi connectivity index (χ3n) is 4.06. The van der Waals surface area contributed by atoms with Crippen molar-refractivity contribution in [3.63, 3.8) is 0 Å². The van der Waals surface area contributed by atoms with Crippen molar-refractivity contribution in [2.45, 2.75) is 6.04 Å². The van der Waals surface area contributed by atoms with Crippen molar-refractivity contribution in [1.82, 2.24) is 9.55 Å². The van der Waals surface area contributed by atoms with Gasteiger partial charge in [0.15, 0.2) is 6.04 Å². The maximum absolute atomic E-state index is 11.9. The Bertz CT molecular complexity index is 907. The van der Waals surface area contributed by atoms with Crippen LogP contribution in [0.2, 0.25) is 0 Å². The number of hydrogen-bond donors (Lipinski definition) is 2. The summed E-state index contributed by atoms with van der Waals surface area (Å²) in [4.78, 5) is 15.1. The average Bonchev–Trinajstić information content (AvgIpc) is 3.13. The lowest BCUT2D eigenvalue weighted by Gasteiger charge is -2.15. The second kappa shape index (κ2) is 4.77. The summed E-state index contributed by atoms with van der Waals surface area (Å²) in [7, 11) is 0. The zero-order valence-electron chi connectivity index (χ0n) is 11.7. The molecular formula is C18H14N2O2. The molecule has 0 saturated heterocycles. The summed E-state index contributed by atoms with van der Waals surface area (Å²) in [5, 5.41) is 11.8. The van der Waals surface area contributed by atoms with E-state index in [4.69, 9.17) is 0 Å². The van der Waals surface area contributed by atoms with Crippen molar-refractivity contribution in [1.29, 1.82) is 0 Å². The molecule has 108 valence electrons. The van der Waals surface area contributed by atoms with Crippen LogP contribution in [0.5, 0.6) is 0 Å². The third-order valence-corrected chi connectivity index (χ3v) is 4.06. The number of H-pyrrole nitrogens is 1. The Morgan fingerprint density at radius 1 is 1.05 bits per heavy atom. The summed E-state index contributed by atoms with van der Waals surface area (Å²) in [6.45, 7) is 0. The van der Waals surface area contributed by atoms with Crippen molar-refractivity contribution in [2.24, 2.45) is 0 Å². The maximum atomic E-state index is 11.9. The van der Waals surface area contributed by atoms with Crippen LogP contribution in [0.4, 0.5) is 0 Å². The molecule has 0 spiro atoms. The number of fused-ring (bicyclic) bond motifs is 2. The minimum absolute atomic E-state index is 0.754. The van der Waals surface area contributed by atoms with Gasteiger partial charge < -0.3 is 14.7 Å². The molecule has 1 atom stereocenters. The quantitative estimate of drug-likeness (QED) is 0.603. The van der Waals surface area contributed by atoms with Gasteiger partial charge in [0.05, 0.1) is 0 Å². The van der Waals surface area contributed by atoms with Crippen LogP contribution in [-0.4, -0.2) is 20.6 Å². The first-order valence-electron chi connectivity index (χ1n) is 7.10. The van der Waals surface area contributed by atoms with Crippen molar-refractivity contribution in [3.05, 3.63) is 72.6 Å². The van der Waals surface area contributed by atoms with Crippen LogP contribution in [-0.2, 0) is 4.79 Å². The van der Waals surface area contributed by atoms with Crippen molar-refractivity contribution < 1.29 is 9.90 Å². The molecule has 0 saturated carbocycles. The molecule has 2 aromatic heterocycles. The van der Waals surface area contributed by atoms with Crippen molar-refractivity contribution >= 4 is 27.8 Å². The first-order valence-corrected chi connectivity index (χ1v) is 7.10. The Labute approximate surface area is 126 Å². The molecule has 4 heteroatoms. The number of carboxylic acids is 1. The molecule has 4 rings (SSSR count). The van der Waals surface area contributed by atoms with Crippen LogP contribution < -0.4 is 0 Å². The number of nitrogens with one attached hydrogen (secondary N) is 1. The van der Waals surface area contributed by atoms with Gasteiger partial charge >= 0.3 is 5.97 Å². The largest absolute Gasteiger partial charge is 0.479 e. The van der Waals surface area contributed by atoms with Crippen LogP contribution >= 0.6 is 0 Å². The number of aromatic amines is 1. The molecule has 4 aromatic rings. The number of carboxylic acid groups (broad SMARTS) is 1. The van der Waals surface area contributed by atoms with E-state index < -0.39 is 12.0 Å². The molecule has 4 nitrogen and oxygen atoms in total. The summed E-state index contributed by atoms with van der Waals surface area (Å²) < 4.78 is 1.81. The monoisotopic (exact) mass is 290 g/mol. The van der Waals surface area contributed by atoms with E-state index in [2.05, 4.69) is 4.98 Å². The molecule has 22 heavy (non-hydrogen) atoms. The fraction of sp³-hybridized carbons (Fsp3) is 0.0556. The smallest absolute Gasteiger partial charge is 0.331 e. The topological polar surface area (TPSA) is 58.0 Å². The van der Waals surface area contributed by atoms with Gasteiger partial charge in [-0.3, -0.25) is 0 Å². The molecule has 0 amide bonds. The van der Waals surface area contributed by atoms with E-state index in [0.717, 1.165) is 27.4 Å². The SMILES string of the molecule is O=C(O)C(c1c[nH]c2ccccc12)n1ccc2ccccc21. The van der Waals surface area contributed by atoms with Gasteiger partial charge in [0.1, 0.15) is 0 Å². The molecule has 0 aliphatic heterocycles. The second-order valence-electron chi connectivity index (χ2n) is 5.31. The van der Waals surface area contributed by atoms with Gasteiger partial charge in [0, 0.05) is 34.4 Å². The minimum atomic E-state index is -0.869. The van der Waals surface area contributed by atoms with Gasteiger partial charge in [-0.1, -0.05) is 36.4 Å². The van der Waals surface area contributed by atoms with Gasteiger partial charge in [-0.25, -0.2) is 4.79 Å². The van der Waals surface area contributed by atoms with Gasteiger partial charge in [0.25, 0.3) is 0 Å². The minimum Gasteiger partial charge on any atom is -0.479 e. The number of nitrogens with zero attached hydrogens (tertiary/aromatic N) is 1. The predicted molar refractivity (Wildman–Crippen MR) is 86.0 cm³/mol. The highest BCUT2D eigenvalue weighted by atomic mass is 16.4. The van der Waals surface area contributed by atoms with E-state index in [1.54, 1.807) is 6.20 Å². The number of carbonyl (C=O) groups is 1. The average molecular weight is 290 g/mol. The fourth-order valence-corrected chi connectivity index (χ4v) is 3.05. The van der Waals surface area contributed by atoms with Gasteiger partial charge in [-0.2, -0.15) is 0 Å². The number of aliphatic carboxylic acids is 1. The maximum Gasteiger partial charge on any atom is 0.331 e. The van der Waals surface area contributed by atoms with Gasteiger partial charge in [0.2, 0.25) is 0 Å². The first kappa shape index (κ1) is 12.7. The lowest BCUT2D eigenvalue weighted by molar-refractivity contribution is -0.139. The van der Waals surface area contributed by atoms with Crippen molar-refractivity contribution in [3.8, 4) is 0 Å². The van der Waals surface area contributed by atoms with Crippen LogP contribution in [0.25, 0.3) is 21.8 Å². The fourth-order valence-electron chi connectivity index (χ4n) is 3.05. The molecule has 2 N–H and O–H groups in total. The number of benzene rings is 2. The van der Waals surface area contributed by atoms with Crippen LogP contribution in [0.1, 0.15) is 11.6 Å². The summed E-state index contributed by atoms with van der Waals surface area (Å²) >= 11 is 0. The standard InChI is InChI=1S/C18H14N2O2/c21-18(22)17(14-11-19-15-7-3-2-6-13(14)15)20-10-9-12-5-1-4-8-16(12)20/h1-11,17,19H,(H,21,22). The summed E-state index contributed by atoms with van der Waals surface area (Å²) in [6.07, 6.45) is 3.63. The zero-order valence-corrected chi connectivity index (χ0v) is 11.7. The predicted octanol–water partition coefficient (Wildman–Crippen LogP) is 3.80. The molecule has 1 unspecified atom stereocenters. The highest BCUT2D eigenvalue weighted by Crippen LogP contribution is 2.30. The lowest BCUT2D eigenvalue weighted by atomic mass is 10.1. The number of rotatable bonds is 3. The van der Waals surface area contributed by atoms with E-state index in [9.17, 15) is 9.90 Å².